The summed E-state index contributed by atoms with van der Waals surface area (Å²) in [6.07, 6.45) is 0. The lowest BCUT2D eigenvalue weighted by atomic mass is 10.2. The lowest BCUT2D eigenvalue weighted by Crippen LogP contribution is -2.60. The summed E-state index contributed by atoms with van der Waals surface area (Å²) in [6, 6.07) is 0. The molecule has 3 nitrogen and oxygen atoms in total. The van der Waals surface area contributed by atoms with Crippen LogP contribution < -0.4 is 0 Å². The number of halogens is 3. The van der Waals surface area contributed by atoms with Crippen molar-refractivity contribution in [2.75, 3.05) is 33.4 Å². The number of hydrogen-bond acceptors (Lipinski definition) is 3. The van der Waals surface area contributed by atoms with Crippen LogP contribution in [0.1, 0.15) is 6.92 Å². The average Bonchev–Trinajstić information content (AvgIpc) is 2.16. The molecule has 0 amide bonds. The molecule has 0 N–H and O–H groups in total. The zero-order chi connectivity index (χ0) is 10.8. The summed E-state index contributed by atoms with van der Waals surface area (Å²) in [4.78, 5) is -1.50. The summed E-state index contributed by atoms with van der Waals surface area (Å²) in [5, 5.41) is 0. The van der Waals surface area contributed by atoms with Crippen molar-refractivity contribution in [1.82, 2.24) is 4.90 Å². The van der Waals surface area contributed by atoms with Crippen molar-refractivity contribution in [1.29, 1.82) is 0 Å². The van der Waals surface area contributed by atoms with Gasteiger partial charge >= 0.3 is 4.83 Å². The lowest BCUT2D eigenvalue weighted by molar-refractivity contribution is -0.228. The third-order valence-corrected chi connectivity index (χ3v) is 3.27. The van der Waals surface area contributed by atoms with Gasteiger partial charge in [-0.2, -0.15) is 8.78 Å². The van der Waals surface area contributed by atoms with Crippen molar-refractivity contribution in [3.63, 3.8) is 0 Å². The SMILES string of the molecule is COC(C)(N1CCOCC1)C(F)(F)Br. The topological polar surface area (TPSA) is 21.7 Å². The predicted octanol–water partition coefficient (Wildman–Crippen LogP) is 1.67. The molecule has 14 heavy (non-hydrogen) atoms. The third kappa shape index (κ3) is 2.24. The number of rotatable bonds is 3. The van der Waals surface area contributed by atoms with Crippen LogP contribution in [0.5, 0.6) is 0 Å². The molecule has 1 aliphatic heterocycles. The van der Waals surface area contributed by atoms with Crippen molar-refractivity contribution in [3.05, 3.63) is 0 Å². The van der Waals surface area contributed by atoms with E-state index >= 15 is 0 Å². The maximum Gasteiger partial charge on any atom is 0.342 e. The van der Waals surface area contributed by atoms with Crippen molar-refractivity contribution in [3.8, 4) is 0 Å². The monoisotopic (exact) mass is 273 g/mol. The normalized spacial score (nSPS) is 24.6. The van der Waals surface area contributed by atoms with Gasteiger partial charge in [0.15, 0.2) is 5.72 Å². The smallest absolute Gasteiger partial charge is 0.342 e. The highest BCUT2D eigenvalue weighted by Crippen LogP contribution is 2.39. The molecule has 1 saturated heterocycles. The van der Waals surface area contributed by atoms with Crippen LogP contribution in [0, 0.1) is 0 Å². The van der Waals surface area contributed by atoms with Gasteiger partial charge in [-0.25, -0.2) is 0 Å². The minimum Gasteiger partial charge on any atom is -0.379 e. The molecule has 1 fully saturated rings. The fourth-order valence-corrected chi connectivity index (χ4v) is 1.83. The summed E-state index contributed by atoms with van der Waals surface area (Å²) in [6.45, 7) is 3.19. The van der Waals surface area contributed by atoms with Gasteiger partial charge in [0, 0.05) is 20.2 Å². The summed E-state index contributed by atoms with van der Waals surface area (Å²) >= 11 is 2.36. The average molecular weight is 274 g/mol. The minimum atomic E-state index is -3.08. The third-order valence-electron chi connectivity index (χ3n) is 2.54. The van der Waals surface area contributed by atoms with Crippen LogP contribution in [-0.4, -0.2) is 48.9 Å². The maximum atomic E-state index is 13.3. The summed E-state index contributed by atoms with van der Waals surface area (Å²) in [5.41, 5.74) is -1.61. The Kier molecular flexibility index (Phi) is 3.85. The molecule has 0 aromatic rings. The molecule has 0 saturated carbocycles. The molecule has 0 aromatic carbocycles. The molecule has 1 atom stereocenters. The molecule has 1 heterocycles. The number of morpholine rings is 1. The molecule has 0 aliphatic carbocycles. The molecule has 6 heteroatoms. The number of alkyl halides is 3. The Hall–Kier alpha value is 0.220. The van der Waals surface area contributed by atoms with E-state index in [0.29, 0.717) is 26.3 Å². The van der Waals surface area contributed by atoms with Gasteiger partial charge in [-0.3, -0.25) is 4.90 Å². The predicted molar refractivity (Wildman–Crippen MR) is 51.7 cm³/mol. The highest BCUT2D eigenvalue weighted by atomic mass is 79.9. The van der Waals surface area contributed by atoms with Gasteiger partial charge in [0.05, 0.1) is 13.2 Å². The second kappa shape index (κ2) is 4.38. The van der Waals surface area contributed by atoms with E-state index in [1.165, 1.54) is 14.0 Å². The highest BCUT2D eigenvalue weighted by Gasteiger charge is 2.53. The zero-order valence-electron chi connectivity index (χ0n) is 8.23. The second-order valence-electron chi connectivity index (χ2n) is 3.28. The van der Waals surface area contributed by atoms with Crippen LogP contribution in [0.25, 0.3) is 0 Å². The fourth-order valence-electron chi connectivity index (χ4n) is 1.41. The van der Waals surface area contributed by atoms with E-state index in [9.17, 15) is 8.78 Å². The molecule has 1 rings (SSSR count). The fraction of sp³-hybridized carbons (Fsp3) is 1.00. The van der Waals surface area contributed by atoms with E-state index in [-0.39, 0.29) is 0 Å². The van der Waals surface area contributed by atoms with Crippen LogP contribution >= 0.6 is 15.9 Å². The number of nitrogens with zero attached hydrogens (tertiary/aromatic N) is 1. The van der Waals surface area contributed by atoms with Gasteiger partial charge in [0.1, 0.15) is 0 Å². The van der Waals surface area contributed by atoms with Crippen LogP contribution in [0.4, 0.5) is 8.78 Å². The Bertz CT molecular complexity index is 194. The van der Waals surface area contributed by atoms with Gasteiger partial charge in [-0.1, -0.05) is 0 Å². The maximum absolute atomic E-state index is 13.3. The molecular formula is C8H14BrF2NO2. The number of ether oxygens (including phenoxy) is 2. The number of methoxy groups -OCH3 is 1. The van der Waals surface area contributed by atoms with E-state index in [1.807, 2.05) is 0 Å². The van der Waals surface area contributed by atoms with Crippen LogP contribution in [-0.2, 0) is 9.47 Å². The van der Waals surface area contributed by atoms with Crippen LogP contribution in [0.15, 0.2) is 0 Å². The molecule has 84 valence electrons. The zero-order valence-corrected chi connectivity index (χ0v) is 9.81. The van der Waals surface area contributed by atoms with Gasteiger partial charge in [-0.05, 0) is 22.9 Å². The van der Waals surface area contributed by atoms with E-state index < -0.39 is 10.6 Å². The minimum absolute atomic E-state index is 0.450. The molecule has 1 unspecified atom stereocenters. The molecule has 0 aromatic heterocycles. The quantitative estimate of drug-likeness (QED) is 0.731. The molecule has 1 aliphatic rings. The van der Waals surface area contributed by atoms with E-state index in [2.05, 4.69) is 15.9 Å². The Morgan fingerprint density at radius 2 is 1.86 bits per heavy atom. The van der Waals surface area contributed by atoms with E-state index in [0.717, 1.165) is 0 Å². The first-order chi connectivity index (χ1) is 6.42. The van der Waals surface area contributed by atoms with E-state index in [1.54, 1.807) is 4.90 Å². The largest absolute Gasteiger partial charge is 0.379 e. The summed E-state index contributed by atoms with van der Waals surface area (Å²) in [7, 11) is 1.28. The second-order valence-corrected chi connectivity index (χ2v) is 4.28. The Morgan fingerprint density at radius 1 is 1.36 bits per heavy atom. The Morgan fingerprint density at radius 3 is 2.21 bits per heavy atom. The highest BCUT2D eigenvalue weighted by molar-refractivity contribution is 9.10. The van der Waals surface area contributed by atoms with Crippen molar-refractivity contribution in [2.24, 2.45) is 0 Å². The Labute approximate surface area is 90.5 Å². The Balaban J connectivity index is 2.77. The van der Waals surface area contributed by atoms with Gasteiger partial charge in [-0.15, -0.1) is 0 Å². The molecular weight excluding hydrogens is 260 g/mol. The summed E-state index contributed by atoms with van der Waals surface area (Å²) < 4.78 is 36.5. The molecule has 0 radical (unpaired) electrons. The van der Waals surface area contributed by atoms with E-state index in [4.69, 9.17) is 9.47 Å². The summed E-state index contributed by atoms with van der Waals surface area (Å²) in [5.74, 6) is 0. The first kappa shape index (κ1) is 12.3. The van der Waals surface area contributed by atoms with Crippen molar-refractivity contribution in [2.45, 2.75) is 17.5 Å². The molecule has 0 spiro atoms. The van der Waals surface area contributed by atoms with Gasteiger partial charge in [0.25, 0.3) is 0 Å². The molecule has 0 bridgehead atoms. The van der Waals surface area contributed by atoms with Crippen molar-refractivity contribution < 1.29 is 18.3 Å². The standard InChI is InChI=1S/C8H14BrF2NO2/c1-7(13-2,8(9,10)11)12-3-5-14-6-4-12/h3-6H2,1-2H3. The van der Waals surface area contributed by atoms with Gasteiger partial charge in [0.2, 0.25) is 0 Å². The number of hydrogen-bond donors (Lipinski definition) is 0. The van der Waals surface area contributed by atoms with Gasteiger partial charge < -0.3 is 9.47 Å². The lowest BCUT2D eigenvalue weighted by Gasteiger charge is -2.43. The first-order valence-corrected chi connectivity index (χ1v) is 5.16. The van der Waals surface area contributed by atoms with Crippen molar-refractivity contribution >= 4 is 15.9 Å². The van der Waals surface area contributed by atoms with Crippen LogP contribution in [0.2, 0.25) is 0 Å². The van der Waals surface area contributed by atoms with Crippen LogP contribution in [0.3, 0.4) is 0 Å². The first-order valence-electron chi connectivity index (χ1n) is 4.36.